The zero-order valence-electron chi connectivity index (χ0n) is 40.3. The van der Waals surface area contributed by atoms with Gasteiger partial charge in [0.2, 0.25) is 0 Å². The van der Waals surface area contributed by atoms with Gasteiger partial charge >= 0.3 is 14.6 Å². The van der Waals surface area contributed by atoms with Gasteiger partial charge < -0.3 is 18.3 Å². The normalized spacial score (nSPS) is 16.6. The van der Waals surface area contributed by atoms with Crippen LogP contribution in [0.4, 0.5) is 0 Å². The molecule has 59 heavy (non-hydrogen) atoms. The topological polar surface area (TPSA) is 54.0 Å². The third-order valence-electron chi connectivity index (χ3n) is 11.4. The summed E-state index contributed by atoms with van der Waals surface area (Å²) in [7, 11) is -2.07. The number of hydrogen-bond donors (Lipinski definition) is 0. The van der Waals surface area contributed by atoms with Gasteiger partial charge in [0, 0.05) is 44.9 Å². The van der Waals surface area contributed by atoms with Crippen LogP contribution in [-0.4, -0.2) is 5.97 Å². The molecule has 0 fully saturated rings. The maximum absolute atomic E-state index is 14.4. The summed E-state index contributed by atoms with van der Waals surface area (Å²) in [5.41, 5.74) is 9.69. The molecule has 0 unspecified atom stereocenters. The molecule has 0 aromatic heterocycles. The quantitative estimate of drug-likeness (QED) is 0.117. The van der Waals surface area contributed by atoms with E-state index in [2.05, 4.69) is 182 Å². The number of aryl methyl sites for hydroxylation is 2. The fourth-order valence-corrected chi connectivity index (χ4v) is 8.96. The maximum atomic E-state index is 14.4. The van der Waals surface area contributed by atoms with Gasteiger partial charge in [-0.25, -0.2) is 4.79 Å². The first-order valence-corrected chi connectivity index (χ1v) is 22.5. The molecule has 5 rings (SSSR count). The van der Waals surface area contributed by atoms with Gasteiger partial charge in [-0.2, -0.15) is 0 Å². The van der Waals surface area contributed by atoms with E-state index < -0.39 is 25.4 Å². The molecule has 0 spiro atoms. The molecule has 0 saturated carbocycles. The maximum Gasteiger partial charge on any atom is 0.530 e. The SMILES string of the molecule is Cc1cc2c(c(C(C)(C)C)c1)OP(Oc1c(C(C)(C)C)cc(C(=O)Oc3ccc(C(C)(C)C)cc3C(C)(C)C)cc1C(C)(C)C)Oc1c(cc(C)cc1C(C)(C)C)C2C. The molecule has 5 nitrogen and oxygen atoms in total. The van der Waals surface area contributed by atoms with Crippen molar-refractivity contribution in [3.05, 3.63) is 116 Å². The molecule has 0 saturated heterocycles. The number of carbonyl (C=O) groups is 1. The Hall–Kier alpha value is -3.82. The minimum atomic E-state index is -2.07. The van der Waals surface area contributed by atoms with E-state index in [1.807, 2.05) is 18.2 Å². The predicted molar refractivity (Wildman–Crippen MR) is 249 cm³/mol. The van der Waals surface area contributed by atoms with Gasteiger partial charge in [-0.3, -0.25) is 0 Å². The average Bonchev–Trinajstić information content (AvgIpc) is 3.05. The lowest BCUT2D eigenvalue weighted by molar-refractivity contribution is 0.0731. The first kappa shape index (κ1) is 46.2. The Kier molecular flexibility index (Phi) is 12.2. The van der Waals surface area contributed by atoms with E-state index in [0.717, 1.165) is 50.4 Å². The van der Waals surface area contributed by atoms with Gasteiger partial charge in [-0.1, -0.05) is 179 Å². The van der Waals surface area contributed by atoms with E-state index in [1.165, 1.54) is 16.7 Å². The Bertz CT molecular complexity index is 2130. The van der Waals surface area contributed by atoms with Crippen molar-refractivity contribution in [3.8, 4) is 23.0 Å². The first-order chi connectivity index (χ1) is 26.7. The van der Waals surface area contributed by atoms with E-state index in [9.17, 15) is 4.79 Å². The van der Waals surface area contributed by atoms with E-state index >= 15 is 0 Å². The number of esters is 1. The van der Waals surface area contributed by atoms with Crippen molar-refractivity contribution in [2.75, 3.05) is 0 Å². The zero-order chi connectivity index (χ0) is 44.6. The minimum absolute atomic E-state index is 0.00295. The molecule has 320 valence electrons. The fraction of sp³-hybridized carbons (Fsp3) is 0.528. The number of hydrogen-bond acceptors (Lipinski definition) is 5. The minimum Gasteiger partial charge on any atom is -0.423 e. The Morgan fingerprint density at radius 3 is 1.31 bits per heavy atom. The summed E-state index contributed by atoms with van der Waals surface area (Å²) in [5.74, 6) is 2.47. The van der Waals surface area contributed by atoms with Crippen LogP contribution in [0.25, 0.3) is 0 Å². The molecular formula is C53H73O5P. The highest BCUT2D eigenvalue weighted by atomic mass is 31.2. The lowest BCUT2D eigenvalue weighted by atomic mass is 9.78. The molecule has 1 aliphatic rings. The van der Waals surface area contributed by atoms with Crippen LogP contribution in [0.15, 0.2) is 54.6 Å². The van der Waals surface area contributed by atoms with E-state index in [0.29, 0.717) is 17.1 Å². The molecule has 0 atom stereocenters. The smallest absolute Gasteiger partial charge is 0.423 e. The van der Waals surface area contributed by atoms with Crippen molar-refractivity contribution in [2.24, 2.45) is 0 Å². The Balaban J connectivity index is 1.74. The van der Waals surface area contributed by atoms with Crippen LogP contribution in [-0.2, 0) is 32.5 Å². The number of ether oxygens (including phenoxy) is 1. The van der Waals surface area contributed by atoms with Crippen LogP contribution >= 0.6 is 8.60 Å². The Morgan fingerprint density at radius 1 is 0.525 bits per heavy atom. The standard InChI is InChI=1S/C53H73O5P/c1-31-24-36-33(3)37-25-32(2)27-40(51(13,14)15)45(37)57-59(56-44(36)39(26-31)50(10,11)12)58-46-41(52(16,17)18)28-34(29-42(46)53(19,20)21)47(54)55-43-23-22-35(48(4,5)6)30-38(43)49(7,8)9/h22-30,33H,1-21H3. The molecular weight excluding hydrogens is 748 g/mol. The highest BCUT2D eigenvalue weighted by Crippen LogP contribution is 2.57. The third-order valence-corrected chi connectivity index (χ3v) is 12.4. The third kappa shape index (κ3) is 10.0. The fourth-order valence-electron chi connectivity index (χ4n) is 7.80. The average molecular weight is 821 g/mol. The van der Waals surface area contributed by atoms with Crippen molar-refractivity contribution < 1.29 is 23.1 Å². The van der Waals surface area contributed by atoms with Gasteiger partial charge in [-0.15, -0.1) is 0 Å². The summed E-state index contributed by atoms with van der Waals surface area (Å²) in [6.07, 6.45) is 0. The molecule has 0 amide bonds. The van der Waals surface area contributed by atoms with Crippen LogP contribution in [0, 0.1) is 13.8 Å². The molecule has 0 aliphatic carbocycles. The molecule has 1 aliphatic heterocycles. The number of rotatable bonds is 4. The summed E-state index contributed by atoms with van der Waals surface area (Å²) in [6, 6.07) is 19.1. The zero-order valence-corrected chi connectivity index (χ0v) is 41.2. The molecule has 0 radical (unpaired) electrons. The number of benzene rings is 4. The van der Waals surface area contributed by atoms with Crippen LogP contribution in [0.2, 0.25) is 0 Å². The highest BCUT2D eigenvalue weighted by molar-refractivity contribution is 7.43. The first-order valence-electron chi connectivity index (χ1n) is 21.4. The number of fused-ring (bicyclic) bond motifs is 2. The van der Waals surface area contributed by atoms with Crippen LogP contribution in [0.1, 0.15) is 203 Å². The summed E-state index contributed by atoms with van der Waals surface area (Å²) in [5, 5.41) is 0. The Morgan fingerprint density at radius 2 is 0.932 bits per heavy atom. The van der Waals surface area contributed by atoms with Crippen molar-refractivity contribution in [2.45, 2.75) is 184 Å². The lowest BCUT2D eigenvalue weighted by Gasteiger charge is -2.36. The Labute approximate surface area is 359 Å². The monoisotopic (exact) mass is 821 g/mol. The highest BCUT2D eigenvalue weighted by Gasteiger charge is 2.39. The molecule has 1 heterocycles. The van der Waals surface area contributed by atoms with Crippen molar-refractivity contribution in [1.29, 1.82) is 0 Å². The van der Waals surface area contributed by atoms with E-state index in [-0.39, 0.29) is 27.6 Å². The second-order valence-corrected chi connectivity index (χ2v) is 24.2. The van der Waals surface area contributed by atoms with Gasteiger partial charge in [0.15, 0.2) is 0 Å². The second kappa shape index (κ2) is 15.6. The van der Waals surface area contributed by atoms with Crippen molar-refractivity contribution in [1.82, 2.24) is 0 Å². The predicted octanol–water partition coefficient (Wildman–Crippen LogP) is 15.5. The van der Waals surface area contributed by atoms with Crippen molar-refractivity contribution in [3.63, 3.8) is 0 Å². The van der Waals surface area contributed by atoms with E-state index in [4.69, 9.17) is 18.3 Å². The van der Waals surface area contributed by atoms with Gasteiger partial charge in [0.25, 0.3) is 0 Å². The molecule has 4 aromatic carbocycles. The summed E-state index contributed by atoms with van der Waals surface area (Å²) in [4.78, 5) is 14.4. The van der Waals surface area contributed by atoms with E-state index in [1.54, 1.807) is 0 Å². The molecule has 4 aromatic rings. The van der Waals surface area contributed by atoms with Gasteiger partial charge in [0.1, 0.15) is 23.0 Å². The molecule has 6 heteroatoms. The van der Waals surface area contributed by atoms with Gasteiger partial charge in [0.05, 0.1) is 5.56 Å². The van der Waals surface area contributed by atoms with Crippen LogP contribution in [0.5, 0.6) is 23.0 Å². The molecule has 0 bridgehead atoms. The van der Waals surface area contributed by atoms with Crippen molar-refractivity contribution >= 4 is 14.6 Å². The second-order valence-electron chi connectivity index (χ2n) is 23.2. The lowest BCUT2D eigenvalue weighted by Crippen LogP contribution is -2.24. The van der Waals surface area contributed by atoms with Gasteiger partial charge in [-0.05, 0) is 70.1 Å². The summed E-state index contributed by atoms with van der Waals surface area (Å²) in [6.45, 7) is 45.9. The summed E-state index contributed by atoms with van der Waals surface area (Å²) < 4.78 is 28.0. The van der Waals surface area contributed by atoms with Crippen LogP contribution < -0.4 is 18.3 Å². The number of carbonyl (C=O) groups excluding carboxylic acids is 1. The largest absolute Gasteiger partial charge is 0.530 e. The van der Waals surface area contributed by atoms with Crippen LogP contribution in [0.3, 0.4) is 0 Å². The molecule has 0 N–H and O–H groups in total. The summed E-state index contributed by atoms with van der Waals surface area (Å²) >= 11 is 0.